The van der Waals surface area contributed by atoms with Gasteiger partial charge in [-0.05, 0) is 110 Å². The number of hydrogen-bond acceptors (Lipinski definition) is 4. The van der Waals surface area contributed by atoms with Crippen LogP contribution in [0.15, 0.2) is 128 Å². The largest absolute Gasteiger partial charge is 0.496 e. The summed E-state index contributed by atoms with van der Waals surface area (Å²) < 4.78 is 48.4. The third-order valence-electron chi connectivity index (χ3n) is 10.9. The second-order valence-corrected chi connectivity index (χ2v) is 23.0. The molecule has 7 aromatic rings. The Morgan fingerprint density at radius 3 is 1.16 bits per heavy atom. The predicted octanol–water partition coefficient (Wildman–Crippen LogP) is 19.0. The lowest BCUT2D eigenvalue weighted by Gasteiger charge is -2.24. The zero-order chi connectivity index (χ0) is 52.3. The van der Waals surface area contributed by atoms with Crippen LogP contribution in [-0.4, -0.2) is 24.2 Å². The van der Waals surface area contributed by atoms with Gasteiger partial charge in [-0.25, -0.2) is 0 Å². The fourth-order valence-corrected chi connectivity index (χ4v) is 9.25. The number of aromatic nitrogens is 2. The first kappa shape index (κ1) is 58.5. The molecule has 4 nitrogen and oxygen atoms in total. The second-order valence-electron chi connectivity index (χ2n) is 21.8. The number of methoxy groups -OCH3 is 2. The van der Waals surface area contributed by atoms with Crippen LogP contribution < -0.4 is 9.47 Å². The van der Waals surface area contributed by atoms with Gasteiger partial charge in [0.2, 0.25) is 0 Å². The van der Waals surface area contributed by atoms with E-state index in [9.17, 15) is 13.2 Å². The summed E-state index contributed by atoms with van der Waals surface area (Å²) in [4.78, 5) is 8.69. The Kier molecular flexibility index (Phi) is 20.2. The zero-order valence-corrected chi connectivity index (χ0v) is 45.9. The molecule has 0 saturated carbocycles. The number of fused-ring (bicyclic) bond motifs is 2. The summed E-state index contributed by atoms with van der Waals surface area (Å²) in [7, 11) is 3.37. The van der Waals surface area contributed by atoms with Crippen molar-refractivity contribution >= 4 is 56.6 Å². The smallest absolute Gasteiger partial charge is 0.416 e. The van der Waals surface area contributed by atoms with Gasteiger partial charge in [0.25, 0.3) is 0 Å². The van der Waals surface area contributed by atoms with Gasteiger partial charge in [0.05, 0.1) is 30.8 Å². The molecule has 0 N–H and O–H groups in total. The highest BCUT2D eigenvalue weighted by Crippen LogP contribution is 2.40. The van der Waals surface area contributed by atoms with Gasteiger partial charge in [0, 0.05) is 43.8 Å². The molecule has 0 radical (unpaired) electrons. The Bertz CT molecular complexity index is 2670. The number of halogens is 6. The number of pyridine rings is 2. The fourth-order valence-electron chi connectivity index (χ4n) is 7.83. The van der Waals surface area contributed by atoms with Crippen LogP contribution in [0, 0.1) is 0 Å². The summed E-state index contributed by atoms with van der Waals surface area (Å²) in [6.45, 7) is 31.3. The van der Waals surface area contributed by atoms with Crippen molar-refractivity contribution in [2.45, 2.75) is 137 Å². The van der Waals surface area contributed by atoms with E-state index in [-0.39, 0.29) is 21.7 Å². The minimum atomic E-state index is -4.26. The van der Waals surface area contributed by atoms with E-state index < -0.39 is 17.2 Å². The quantitative estimate of drug-likeness (QED) is 0.173. The Labute approximate surface area is 426 Å². The number of ether oxygens (including phenoxy) is 2. The molecule has 0 bridgehead atoms. The monoisotopic (exact) mass is 1000 g/mol. The highest BCUT2D eigenvalue weighted by molar-refractivity contribution is 6.36. The zero-order valence-electron chi connectivity index (χ0n) is 43.6. The molecule has 0 aliphatic heterocycles. The molecule has 0 unspecified atom stereocenters. The van der Waals surface area contributed by atoms with E-state index in [1.54, 1.807) is 41.1 Å². The molecule has 372 valence electrons. The molecule has 2 aromatic heterocycles. The van der Waals surface area contributed by atoms with Crippen molar-refractivity contribution in [3.63, 3.8) is 0 Å². The lowest BCUT2D eigenvalue weighted by molar-refractivity contribution is -0.138. The van der Waals surface area contributed by atoms with Crippen molar-refractivity contribution in [3.8, 4) is 11.5 Å². The molecule has 10 heteroatoms. The van der Waals surface area contributed by atoms with Crippen molar-refractivity contribution in [1.82, 2.24) is 9.97 Å². The Hall–Kier alpha value is -4.82. The summed E-state index contributed by atoms with van der Waals surface area (Å²) in [5, 5.41) is 4.73. The lowest BCUT2D eigenvalue weighted by Crippen LogP contribution is -2.19. The molecule has 0 fully saturated rings. The first-order valence-electron chi connectivity index (χ1n) is 23.0. The van der Waals surface area contributed by atoms with Gasteiger partial charge in [-0.15, -0.1) is 0 Å². The van der Waals surface area contributed by atoms with Crippen LogP contribution >= 0.6 is 34.8 Å². The molecule has 0 aliphatic carbocycles. The summed E-state index contributed by atoms with van der Waals surface area (Å²) in [6.07, 6.45) is -0.610. The highest BCUT2D eigenvalue weighted by Gasteiger charge is 2.36. The average Bonchev–Trinajstić information content (AvgIpc) is 3.24. The SMILES string of the molecule is CC(C)(C)c1c(Cl)ccc2ncccc12.CC(C)(C)c1c(Cl)cccc1Cl.CC(C)(C)c1cccc2ncccc12.CC(C)(C)c1ccccc1C(F)(F)F.COc1cccc(OC)c1C(C)(C)C. The van der Waals surface area contributed by atoms with Gasteiger partial charge in [0.1, 0.15) is 11.5 Å². The normalized spacial score (nSPS) is 12.0. The third-order valence-corrected chi connectivity index (χ3v) is 11.8. The standard InChI is InChI=1S/C13H14ClN.C13H15N.C12H18O2.C11H13F3.C10H12Cl2/c1-13(2,3)12-9-5-4-8-15-11(9)7-6-10(12)14;1-13(2,3)11-7-4-8-12-10(11)6-5-9-14-12;1-12(2,3)11-9(13-4)7-6-8-10(11)14-5;1-10(2,3)8-6-4-5-7-9(8)11(12,13)14;1-10(2,3)9-7(11)5-4-6-8(9)12/h4-8H,1-3H3;4-9H,1-3H3;6-8H,1-5H3;4-7H,1-3H3;4-6H,1-3H3. The summed E-state index contributed by atoms with van der Waals surface area (Å²) in [5.74, 6) is 1.77. The van der Waals surface area contributed by atoms with Gasteiger partial charge in [-0.3, -0.25) is 9.97 Å². The van der Waals surface area contributed by atoms with E-state index >= 15 is 0 Å². The Morgan fingerprint density at radius 2 is 0.754 bits per heavy atom. The van der Waals surface area contributed by atoms with Crippen LogP contribution in [0.5, 0.6) is 11.5 Å². The van der Waals surface area contributed by atoms with Crippen LogP contribution in [0.1, 0.15) is 137 Å². The van der Waals surface area contributed by atoms with Crippen LogP contribution in [0.25, 0.3) is 21.8 Å². The molecule has 69 heavy (non-hydrogen) atoms. The van der Waals surface area contributed by atoms with E-state index in [2.05, 4.69) is 123 Å². The van der Waals surface area contributed by atoms with Crippen molar-refractivity contribution in [1.29, 1.82) is 0 Å². The number of hydrogen-bond donors (Lipinski definition) is 0. The van der Waals surface area contributed by atoms with Crippen LogP contribution in [-0.2, 0) is 33.3 Å². The van der Waals surface area contributed by atoms with E-state index in [0.717, 1.165) is 60.2 Å². The van der Waals surface area contributed by atoms with E-state index in [1.807, 2.05) is 73.1 Å². The molecule has 5 aromatic carbocycles. The summed E-state index contributed by atoms with van der Waals surface area (Å²) in [5.41, 5.74) is 6.35. The third kappa shape index (κ3) is 16.6. The Morgan fingerprint density at radius 1 is 0.362 bits per heavy atom. The first-order chi connectivity index (χ1) is 31.7. The van der Waals surface area contributed by atoms with Gasteiger partial charge in [0.15, 0.2) is 0 Å². The molecular weight excluding hydrogens is 932 g/mol. The Balaban J connectivity index is 0.000000229. The molecular formula is C59H72Cl3F3N2O2. The minimum Gasteiger partial charge on any atom is -0.496 e. The van der Waals surface area contributed by atoms with E-state index in [4.69, 9.17) is 44.3 Å². The number of alkyl halides is 3. The molecule has 0 aliphatic rings. The number of benzene rings is 5. The maximum Gasteiger partial charge on any atom is 0.416 e. The van der Waals surface area contributed by atoms with Crippen molar-refractivity contribution in [3.05, 3.63) is 176 Å². The number of nitrogens with zero attached hydrogens (tertiary/aromatic N) is 2. The molecule has 0 atom stereocenters. The van der Waals surface area contributed by atoms with Gasteiger partial charge >= 0.3 is 6.18 Å². The van der Waals surface area contributed by atoms with Crippen molar-refractivity contribution < 1.29 is 22.6 Å². The van der Waals surface area contributed by atoms with Crippen molar-refractivity contribution in [2.75, 3.05) is 14.2 Å². The van der Waals surface area contributed by atoms with Crippen LogP contribution in [0.4, 0.5) is 13.2 Å². The maximum atomic E-state index is 12.6. The van der Waals surface area contributed by atoms with Gasteiger partial charge < -0.3 is 9.47 Å². The van der Waals surface area contributed by atoms with Gasteiger partial charge in [-0.1, -0.05) is 193 Å². The number of rotatable bonds is 2. The maximum absolute atomic E-state index is 12.6. The van der Waals surface area contributed by atoms with Crippen molar-refractivity contribution in [2.24, 2.45) is 0 Å². The molecule has 0 spiro atoms. The average molecular weight is 1000 g/mol. The molecule has 7 rings (SSSR count). The van der Waals surface area contributed by atoms with E-state index in [0.29, 0.717) is 5.56 Å². The minimum absolute atomic E-state index is 0.00935. The highest BCUT2D eigenvalue weighted by atomic mass is 35.5. The van der Waals surface area contributed by atoms with E-state index in [1.165, 1.54) is 28.6 Å². The molecule has 0 saturated heterocycles. The fraction of sp³-hybridized carbons (Fsp3) is 0.390. The summed E-state index contributed by atoms with van der Waals surface area (Å²) >= 11 is 18.3. The van der Waals surface area contributed by atoms with Crippen LogP contribution in [0.2, 0.25) is 15.1 Å². The molecule has 0 amide bonds. The van der Waals surface area contributed by atoms with Crippen LogP contribution in [0.3, 0.4) is 0 Å². The molecule has 2 heterocycles. The lowest BCUT2D eigenvalue weighted by atomic mass is 9.83. The second kappa shape index (κ2) is 23.9. The summed E-state index contributed by atoms with van der Waals surface area (Å²) in [6, 6.07) is 35.6. The first-order valence-corrected chi connectivity index (χ1v) is 24.1. The topological polar surface area (TPSA) is 44.2 Å². The predicted molar refractivity (Wildman–Crippen MR) is 289 cm³/mol. The van der Waals surface area contributed by atoms with Gasteiger partial charge in [-0.2, -0.15) is 13.2 Å².